The highest BCUT2D eigenvalue weighted by atomic mass is 14.2. The summed E-state index contributed by atoms with van der Waals surface area (Å²) in [5.41, 5.74) is 4.56. The highest BCUT2D eigenvalue weighted by Gasteiger charge is 2.17. The van der Waals surface area contributed by atoms with E-state index in [-0.39, 0.29) is 0 Å². The van der Waals surface area contributed by atoms with Crippen molar-refractivity contribution >= 4 is 16.3 Å². The van der Waals surface area contributed by atoms with Gasteiger partial charge in [-0.2, -0.15) is 0 Å². The first-order valence-corrected chi connectivity index (χ1v) is 6.46. The van der Waals surface area contributed by atoms with Crippen molar-refractivity contribution < 1.29 is 0 Å². The van der Waals surface area contributed by atoms with Crippen LogP contribution in [0.1, 0.15) is 31.4 Å². The molecule has 0 bridgehead atoms. The van der Waals surface area contributed by atoms with E-state index in [9.17, 15) is 0 Å². The Morgan fingerprint density at radius 2 is 1.88 bits per heavy atom. The van der Waals surface area contributed by atoms with E-state index >= 15 is 0 Å². The van der Waals surface area contributed by atoms with Crippen LogP contribution in [0.25, 0.3) is 16.3 Å². The maximum Gasteiger partial charge on any atom is -0.00851 e. The van der Waals surface area contributed by atoms with Gasteiger partial charge >= 0.3 is 0 Å². The fourth-order valence-electron chi connectivity index (χ4n) is 2.83. The summed E-state index contributed by atoms with van der Waals surface area (Å²) < 4.78 is 0. The number of hydrogen-bond acceptors (Lipinski definition) is 0. The van der Waals surface area contributed by atoms with Crippen LogP contribution >= 0.6 is 0 Å². The molecule has 0 aromatic heterocycles. The molecule has 0 nitrogen and oxygen atoms in total. The third-order valence-electron chi connectivity index (χ3n) is 3.53. The summed E-state index contributed by atoms with van der Waals surface area (Å²) in [5.74, 6) is 0.728. The fraction of sp³-hybridized carbons (Fsp3) is 0.294. The lowest BCUT2D eigenvalue weighted by Crippen LogP contribution is -1.92. The predicted octanol–water partition coefficient (Wildman–Crippen LogP) is 4.83. The van der Waals surface area contributed by atoms with Crippen LogP contribution in [0.4, 0.5) is 0 Å². The first-order valence-electron chi connectivity index (χ1n) is 6.46. The van der Waals surface area contributed by atoms with E-state index in [2.05, 4.69) is 56.3 Å². The second-order valence-corrected chi connectivity index (χ2v) is 5.35. The van der Waals surface area contributed by atoms with E-state index in [0.29, 0.717) is 0 Å². The first kappa shape index (κ1) is 10.6. The molecule has 17 heavy (non-hydrogen) atoms. The molecule has 0 N–H and O–H groups in total. The number of fused-ring (bicyclic) bond motifs is 3. The Bertz CT molecular complexity index is 588. The van der Waals surface area contributed by atoms with Crippen molar-refractivity contribution in [3.8, 4) is 0 Å². The Kier molecular flexibility index (Phi) is 2.51. The van der Waals surface area contributed by atoms with E-state index in [1.807, 2.05) is 0 Å². The van der Waals surface area contributed by atoms with Crippen molar-refractivity contribution in [1.82, 2.24) is 0 Å². The van der Waals surface area contributed by atoms with Crippen molar-refractivity contribution in [2.24, 2.45) is 5.92 Å². The van der Waals surface area contributed by atoms with Gasteiger partial charge in [-0.15, -0.1) is 0 Å². The van der Waals surface area contributed by atoms with Crippen molar-refractivity contribution in [2.45, 2.75) is 26.7 Å². The van der Waals surface area contributed by atoms with Crippen molar-refractivity contribution in [2.75, 3.05) is 0 Å². The quantitative estimate of drug-likeness (QED) is 0.683. The molecule has 0 unspecified atom stereocenters. The molecule has 0 atom stereocenters. The first-order chi connectivity index (χ1) is 8.25. The van der Waals surface area contributed by atoms with Gasteiger partial charge in [0.15, 0.2) is 0 Å². The van der Waals surface area contributed by atoms with Crippen LogP contribution < -0.4 is 0 Å². The minimum Gasteiger partial charge on any atom is -0.0763 e. The summed E-state index contributed by atoms with van der Waals surface area (Å²) in [6.07, 6.45) is 4.72. The van der Waals surface area contributed by atoms with Gasteiger partial charge in [0, 0.05) is 0 Å². The average molecular weight is 222 g/mol. The molecule has 2 aromatic carbocycles. The highest BCUT2D eigenvalue weighted by molar-refractivity contribution is 5.96. The van der Waals surface area contributed by atoms with Crippen molar-refractivity contribution in [1.29, 1.82) is 0 Å². The van der Waals surface area contributed by atoms with Gasteiger partial charge < -0.3 is 0 Å². The third-order valence-corrected chi connectivity index (χ3v) is 3.53. The lowest BCUT2D eigenvalue weighted by molar-refractivity contribution is 0.674. The Balaban J connectivity index is 2.18. The Morgan fingerprint density at radius 1 is 1.06 bits per heavy atom. The minimum absolute atomic E-state index is 0.728. The van der Waals surface area contributed by atoms with Gasteiger partial charge in [0.2, 0.25) is 0 Å². The van der Waals surface area contributed by atoms with Gasteiger partial charge in [-0.05, 0) is 46.2 Å². The summed E-state index contributed by atoms with van der Waals surface area (Å²) in [6, 6.07) is 13.3. The van der Waals surface area contributed by atoms with Gasteiger partial charge in [-0.1, -0.05) is 56.3 Å². The van der Waals surface area contributed by atoms with Crippen LogP contribution in [0.3, 0.4) is 0 Å². The molecule has 0 radical (unpaired) electrons. The van der Waals surface area contributed by atoms with E-state index in [4.69, 9.17) is 0 Å². The number of benzene rings is 2. The lowest BCUT2D eigenvalue weighted by atomic mass is 9.93. The van der Waals surface area contributed by atoms with E-state index in [1.165, 1.54) is 28.3 Å². The number of rotatable bonds is 2. The zero-order valence-corrected chi connectivity index (χ0v) is 10.5. The monoisotopic (exact) mass is 222 g/mol. The molecule has 1 aliphatic carbocycles. The van der Waals surface area contributed by atoms with E-state index < -0.39 is 0 Å². The molecule has 0 amide bonds. The minimum atomic E-state index is 0.728. The summed E-state index contributed by atoms with van der Waals surface area (Å²) in [4.78, 5) is 0. The zero-order chi connectivity index (χ0) is 11.8. The summed E-state index contributed by atoms with van der Waals surface area (Å²) in [7, 11) is 0. The largest absolute Gasteiger partial charge is 0.0763 e. The normalized spacial score (nSPS) is 14.2. The lowest BCUT2D eigenvalue weighted by Gasteiger charge is -2.11. The molecule has 2 aromatic rings. The Hall–Kier alpha value is -1.56. The van der Waals surface area contributed by atoms with Crippen molar-refractivity contribution in [3.05, 3.63) is 53.6 Å². The molecule has 0 aliphatic heterocycles. The smallest absolute Gasteiger partial charge is 0.00851 e. The molecule has 0 heteroatoms. The second kappa shape index (κ2) is 4.03. The van der Waals surface area contributed by atoms with Gasteiger partial charge in [-0.3, -0.25) is 0 Å². The van der Waals surface area contributed by atoms with E-state index in [0.717, 1.165) is 12.3 Å². The topological polar surface area (TPSA) is 0 Å². The number of allylic oxidation sites excluding steroid dienone is 2. The fourth-order valence-corrected chi connectivity index (χ4v) is 2.83. The van der Waals surface area contributed by atoms with Crippen LogP contribution in [-0.2, 0) is 6.42 Å². The van der Waals surface area contributed by atoms with Crippen LogP contribution in [0, 0.1) is 5.92 Å². The second-order valence-electron chi connectivity index (χ2n) is 5.35. The van der Waals surface area contributed by atoms with Crippen LogP contribution in [0.2, 0.25) is 0 Å². The van der Waals surface area contributed by atoms with Crippen molar-refractivity contribution in [3.63, 3.8) is 0 Å². The maximum absolute atomic E-state index is 2.41. The van der Waals surface area contributed by atoms with Gasteiger partial charge in [0.1, 0.15) is 0 Å². The molecule has 86 valence electrons. The summed E-state index contributed by atoms with van der Waals surface area (Å²) in [6.45, 7) is 4.59. The molecule has 1 aliphatic rings. The predicted molar refractivity (Wildman–Crippen MR) is 75.1 cm³/mol. The van der Waals surface area contributed by atoms with Gasteiger partial charge in [-0.25, -0.2) is 0 Å². The third kappa shape index (κ3) is 1.78. The van der Waals surface area contributed by atoms with Gasteiger partial charge in [0.05, 0.1) is 0 Å². The summed E-state index contributed by atoms with van der Waals surface area (Å²) in [5, 5.41) is 2.79. The molecule has 0 heterocycles. The SMILES string of the molecule is CC(C)CC1=CCc2ccc3ccccc3c21. The molecule has 3 rings (SSSR count). The van der Waals surface area contributed by atoms with Gasteiger partial charge in [0.25, 0.3) is 0 Å². The molecule has 0 fully saturated rings. The average Bonchev–Trinajstić information content (AvgIpc) is 2.72. The molecular formula is C17H18. The zero-order valence-electron chi connectivity index (χ0n) is 10.5. The number of hydrogen-bond donors (Lipinski definition) is 0. The van der Waals surface area contributed by atoms with Crippen LogP contribution in [0.5, 0.6) is 0 Å². The van der Waals surface area contributed by atoms with Crippen LogP contribution in [-0.4, -0.2) is 0 Å². The standard InChI is InChI=1S/C17H18/c1-12(2)11-15-10-9-14-8-7-13-5-3-4-6-16(13)17(14)15/h3-8,10,12H,9,11H2,1-2H3. The Morgan fingerprint density at radius 3 is 2.71 bits per heavy atom. The summed E-state index contributed by atoms with van der Waals surface area (Å²) >= 11 is 0. The Labute approximate surface area is 103 Å². The highest BCUT2D eigenvalue weighted by Crippen LogP contribution is 2.37. The van der Waals surface area contributed by atoms with E-state index in [1.54, 1.807) is 5.57 Å². The molecule has 0 spiro atoms. The molecular weight excluding hydrogens is 204 g/mol. The van der Waals surface area contributed by atoms with Crippen LogP contribution in [0.15, 0.2) is 42.5 Å². The maximum atomic E-state index is 2.41. The molecule has 0 saturated carbocycles. The molecule has 0 saturated heterocycles.